The lowest BCUT2D eigenvalue weighted by Crippen LogP contribution is -2.36. The molecule has 3 N–H and O–H groups in total. The Hall–Kier alpha value is -1.99. The molecule has 0 aliphatic heterocycles. The van der Waals surface area contributed by atoms with Gasteiger partial charge in [0.2, 0.25) is 11.8 Å². The summed E-state index contributed by atoms with van der Waals surface area (Å²) in [5, 5.41) is 14.9. The van der Waals surface area contributed by atoms with Crippen LogP contribution in [-0.4, -0.2) is 42.3 Å². The monoisotopic (exact) mass is 380 g/mol. The summed E-state index contributed by atoms with van der Waals surface area (Å²) in [6, 6.07) is 4.44. The maximum atomic E-state index is 13.6. The predicted octanol–water partition coefficient (Wildman–Crippen LogP) is 2.68. The van der Waals surface area contributed by atoms with Gasteiger partial charge in [0.1, 0.15) is 5.82 Å². The number of aryl methyl sites for hydroxylation is 1. The molecule has 1 aliphatic carbocycles. The average Bonchev–Trinajstić information content (AvgIpc) is 2.66. The number of benzene rings is 1. The number of carbonyl (C=O) groups excluding carboxylic acids is 2. The van der Waals surface area contributed by atoms with E-state index in [4.69, 9.17) is 4.74 Å². The zero-order valence-corrected chi connectivity index (χ0v) is 15.8. The van der Waals surface area contributed by atoms with E-state index >= 15 is 0 Å². The number of hydrogen-bond donors (Lipinski definition) is 3. The quantitative estimate of drug-likeness (QED) is 0.615. The van der Waals surface area contributed by atoms with E-state index in [1.807, 2.05) is 0 Å². The maximum absolute atomic E-state index is 13.6. The topological polar surface area (TPSA) is 87.7 Å². The molecule has 0 radical (unpaired) electrons. The molecule has 1 aromatic rings. The highest BCUT2D eigenvalue weighted by Crippen LogP contribution is 2.20. The normalized spacial score (nSPS) is 16.0. The minimum atomic E-state index is -0.772. The van der Waals surface area contributed by atoms with Crippen molar-refractivity contribution < 1.29 is 23.8 Å². The van der Waals surface area contributed by atoms with Crippen LogP contribution in [0.15, 0.2) is 18.2 Å². The third kappa shape index (κ3) is 8.05. The summed E-state index contributed by atoms with van der Waals surface area (Å²) in [5.41, 5.74) is 0.935. The van der Waals surface area contributed by atoms with E-state index in [0.29, 0.717) is 0 Å². The van der Waals surface area contributed by atoms with Crippen molar-refractivity contribution in [3.05, 3.63) is 29.6 Å². The zero-order valence-electron chi connectivity index (χ0n) is 15.8. The summed E-state index contributed by atoms with van der Waals surface area (Å²) in [4.78, 5) is 23.7. The van der Waals surface area contributed by atoms with Gasteiger partial charge in [-0.25, -0.2) is 4.39 Å². The van der Waals surface area contributed by atoms with E-state index in [9.17, 15) is 19.1 Å². The molecule has 1 aromatic carbocycles. The molecule has 6 nitrogen and oxygen atoms in total. The standard InChI is InChI=1S/C20H29FN2O4/c1-14-7-8-17(21)18(11-14)23-20(26)10-9-19(25)22-12-15(24)13-27-16-5-3-2-4-6-16/h7-8,11,15-16,24H,2-6,9-10,12-13H2,1H3,(H,22,25)(H,23,26). The van der Waals surface area contributed by atoms with E-state index in [1.54, 1.807) is 13.0 Å². The van der Waals surface area contributed by atoms with Gasteiger partial charge >= 0.3 is 0 Å². The highest BCUT2D eigenvalue weighted by Gasteiger charge is 2.16. The van der Waals surface area contributed by atoms with E-state index in [0.717, 1.165) is 31.2 Å². The van der Waals surface area contributed by atoms with Gasteiger partial charge in [-0.1, -0.05) is 25.3 Å². The van der Waals surface area contributed by atoms with Gasteiger partial charge in [0.25, 0.3) is 0 Å². The van der Waals surface area contributed by atoms with E-state index in [-0.39, 0.29) is 43.7 Å². The first-order valence-electron chi connectivity index (χ1n) is 9.56. The van der Waals surface area contributed by atoms with Crippen LogP contribution in [0.3, 0.4) is 0 Å². The number of anilines is 1. The first-order valence-corrected chi connectivity index (χ1v) is 9.56. The summed E-state index contributed by atoms with van der Waals surface area (Å²) >= 11 is 0. The van der Waals surface area contributed by atoms with Crippen LogP contribution in [0, 0.1) is 12.7 Å². The minimum Gasteiger partial charge on any atom is -0.389 e. The second-order valence-corrected chi connectivity index (χ2v) is 7.08. The van der Waals surface area contributed by atoms with Gasteiger partial charge in [-0.2, -0.15) is 0 Å². The Balaban J connectivity index is 1.60. The van der Waals surface area contributed by atoms with Gasteiger partial charge in [-0.05, 0) is 37.5 Å². The Kier molecular flexibility index (Phi) is 8.67. The average molecular weight is 380 g/mol. The fraction of sp³-hybridized carbons (Fsp3) is 0.600. The SMILES string of the molecule is Cc1ccc(F)c(NC(=O)CCC(=O)NCC(O)COC2CCCCC2)c1. The third-order valence-corrected chi connectivity index (χ3v) is 4.59. The smallest absolute Gasteiger partial charge is 0.224 e. The van der Waals surface area contributed by atoms with Crippen LogP contribution < -0.4 is 10.6 Å². The number of amides is 2. The molecule has 0 heterocycles. The van der Waals surface area contributed by atoms with Gasteiger partial charge < -0.3 is 20.5 Å². The Morgan fingerprint density at radius 2 is 1.93 bits per heavy atom. The summed E-state index contributed by atoms with van der Waals surface area (Å²) in [6.45, 7) is 2.07. The van der Waals surface area contributed by atoms with Crippen molar-refractivity contribution in [3.63, 3.8) is 0 Å². The predicted molar refractivity (Wildman–Crippen MR) is 101 cm³/mol. The van der Waals surface area contributed by atoms with Crippen LogP contribution in [-0.2, 0) is 14.3 Å². The molecule has 0 saturated heterocycles. The summed E-state index contributed by atoms with van der Waals surface area (Å²) in [6.07, 6.45) is 4.94. The lowest BCUT2D eigenvalue weighted by molar-refractivity contribution is -0.124. The second kappa shape index (κ2) is 11.0. The summed E-state index contributed by atoms with van der Waals surface area (Å²) in [7, 11) is 0. The molecule has 2 amide bonds. The Morgan fingerprint density at radius 1 is 1.22 bits per heavy atom. The van der Waals surface area contributed by atoms with Crippen molar-refractivity contribution in [1.29, 1.82) is 0 Å². The Morgan fingerprint density at radius 3 is 2.67 bits per heavy atom. The van der Waals surface area contributed by atoms with Crippen LogP contribution in [0.4, 0.5) is 10.1 Å². The molecule has 1 fully saturated rings. The maximum Gasteiger partial charge on any atom is 0.224 e. The van der Waals surface area contributed by atoms with Gasteiger partial charge in [-0.3, -0.25) is 9.59 Å². The number of hydrogen-bond acceptors (Lipinski definition) is 4. The fourth-order valence-corrected chi connectivity index (χ4v) is 3.03. The number of ether oxygens (including phenoxy) is 1. The number of nitrogens with one attached hydrogen (secondary N) is 2. The van der Waals surface area contributed by atoms with E-state index < -0.39 is 17.8 Å². The van der Waals surface area contributed by atoms with Gasteiger partial charge in [0, 0.05) is 19.4 Å². The molecule has 27 heavy (non-hydrogen) atoms. The van der Waals surface area contributed by atoms with Crippen LogP contribution in [0.5, 0.6) is 0 Å². The van der Waals surface area contributed by atoms with Crippen molar-refractivity contribution >= 4 is 17.5 Å². The first kappa shape index (κ1) is 21.3. The van der Waals surface area contributed by atoms with Crippen molar-refractivity contribution in [2.45, 2.75) is 64.1 Å². The number of carbonyl (C=O) groups is 2. The molecule has 0 spiro atoms. The second-order valence-electron chi connectivity index (χ2n) is 7.08. The Labute approximate surface area is 159 Å². The molecule has 0 bridgehead atoms. The van der Waals surface area contributed by atoms with E-state index in [1.165, 1.54) is 18.6 Å². The largest absolute Gasteiger partial charge is 0.389 e. The number of rotatable bonds is 9. The van der Waals surface area contributed by atoms with Gasteiger partial charge in [-0.15, -0.1) is 0 Å². The molecule has 150 valence electrons. The van der Waals surface area contributed by atoms with E-state index in [2.05, 4.69) is 10.6 Å². The lowest BCUT2D eigenvalue weighted by atomic mass is 9.98. The van der Waals surface area contributed by atoms with Crippen molar-refractivity contribution in [1.82, 2.24) is 5.32 Å². The molecular weight excluding hydrogens is 351 g/mol. The molecule has 1 saturated carbocycles. The first-order chi connectivity index (χ1) is 12.9. The van der Waals surface area contributed by atoms with Crippen LogP contribution in [0.2, 0.25) is 0 Å². The van der Waals surface area contributed by atoms with Crippen molar-refractivity contribution in [3.8, 4) is 0 Å². The van der Waals surface area contributed by atoms with Crippen LogP contribution in [0.1, 0.15) is 50.5 Å². The molecular formula is C20H29FN2O4. The molecule has 1 unspecified atom stereocenters. The van der Waals surface area contributed by atoms with Crippen LogP contribution in [0.25, 0.3) is 0 Å². The van der Waals surface area contributed by atoms with Crippen LogP contribution >= 0.6 is 0 Å². The van der Waals surface area contributed by atoms with Crippen molar-refractivity contribution in [2.75, 3.05) is 18.5 Å². The molecule has 2 rings (SSSR count). The summed E-state index contributed by atoms with van der Waals surface area (Å²) < 4.78 is 19.3. The Bertz CT molecular complexity index is 632. The highest BCUT2D eigenvalue weighted by atomic mass is 19.1. The number of halogens is 1. The zero-order chi connectivity index (χ0) is 19.6. The lowest BCUT2D eigenvalue weighted by Gasteiger charge is -2.23. The highest BCUT2D eigenvalue weighted by molar-refractivity contribution is 5.93. The molecule has 0 aromatic heterocycles. The summed E-state index contributed by atoms with van der Waals surface area (Å²) in [5.74, 6) is -1.29. The molecule has 1 aliphatic rings. The minimum absolute atomic E-state index is 0.0323. The molecule has 1 atom stereocenters. The number of aliphatic hydroxyl groups is 1. The molecule has 7 heteroatoms. The number of aliphatic hydroxyl groups excluding tert-OH is 1. The van der Waals surface area contributed by atoms with Gasteiger partial charge in [0.05, 0.1) is 24.5 Å². The van der Waals surface area contributed by atoms with Gasteiger partial charge in [0.15, 0.2) is 0 Å². The third-order valence-electron chi connectivity index (χ3n) is 4.59. The van der Waals surface area contributed by atoms with Crippen molar-refractivity contribution in [2.24, 2.45) is 0 Å². The fourth-order valence-electron chi connectivity index (χ4n) is 3.03.